The molecule has 0 amide bonds. The van der Waals surface area contributed by atoms with E-state index in [0.29, 0.717) is 25.1 Å². The van der Waals surface area contributed by atoms with Crippen molar-refractivity contribution in [2.24, 2.45) is 0 Å². The standard InChI is InChI=1S/C12H11F3N2O3/c13-8-2-10-7(1-9(8)17(18)19)3-12(20-10)5-16(6-12)4-11(14)15/h1-2,11H,3-6H2. The molecule has 0 radical (unpaired) electrons. The lowest BCUT2D eigenvalue weighted by Crippen LogP contribution is -2.65. The van der Waals surface area contributed by atoms with E-state index in [-0.39, 0.29) is 12.3 Å². The van der Waals surface area contributed by atoms with Crippen LogP contribution in [0.4, 0.5) is 18.9 Å². The fourth-order valence-corrected chi connectivity index (χ4v) is 2.85. The first-order valence-electron chi connectivity index (χ1n) is 6.05. The molecule has 0 aromatic heterocycles. The Kier molecular flexibility index (Phi) is 2.86. The molecule has 2 heterocycles. The van der Waals surface area contributed by atoms with Gasteiger partial charge >= 0.3 is 5.69 Å². The zero-order chi connectivity index (χ0) is 14.5. The first-order valence-corrected chi connectivity index (χ1v) is 6.05. The Labute approximate surface area is 112 Å². The van der Waals surface area contributed by atoms with Gasteiger partial charge in [-0.1, -0.05) is 0 Å². The van der Waals surface area contributed by atoms with Crippen LogP contribution in [-0.4, -0.2) is 41.5 Å². The fraction of sp³-hybridized carbons (Fsp3) is 0.500. The van der Waals surface area contributed by atoms with Gasteiger partial charge in [0, 0.05) is 37.2 Å². The van der Waals surface area contributed by atoms with Gasteiger partial charge < -0.3 is 4.74 Å². The average Bonchev–Trinajstić information content (AvgIpc) is 2.64. The summed E-state index contributed by atoms with van der Waals surface area (Å²) >= 11 is 0. The second-order valence-corrected chi connectivity index (χ2v) is 5.19. The number of likely N-dealkylation sites (tertiary alicyclic amines) is 1. The molecule has 108 valence electrons. The van der Waals surface area contributed by atoms with Gasteiger partial charge in [-0.25, -0.2) is 8.78 Å². The van der Waals surface area contributed by atoms with Crippen LogP contribution in [-0.2, 0) is 6.42 Å². The lowest BCUT2D eigenvalue weighted by Gasteiger charge is -2.46. The summed E-state index contributed by atoms with van der Waals surface area (Å²) in [5.74, 6) is -0.681. The second kappa shape index (κ2) is 4.34. The molecule has 1 aromatic carbocycles. The van der Waals surface area contributed by atoms with Crippen LogP contribution < -0.4 is 4.74 Å². The van der Waals surface area contributed by atoms with E-state index in [1.165, 1.54) is 0 Å². The molecule has 5 nitrogen and oxygen atoms in total. The summed E-state index contributed by atoms with van der Waals surface area (Å²) < 4.78 is 43.6. The molecule has 20 heavy (non-hydrogen) atoms. The molecular weight excluding hydrogens is 277 g/mol. The van der Waals surface area contributed by atoms with Crippen molar-refractivity contribution in [3.63, 3.8) is 0 Å². The number of benzene rings is 1. The van der Waals surface area contributed by atoms with E-state index in [1.54, 1.807) is 4.90 Å². The highest BCUT2D eigenvalue weighted by atomic mass is 19.3. The molecule has 1 saturated heterocycles. The second-order valence-electron chi connectivity index (χ2n) is 5.19. The van der Waals surface area contributed by atoms with Crippen LogP contribution in [0.1, 0.15) is 5.56 Å². The number of nitro benzene ring substituents is 1. The highest BCUT2D eigenvalue weighted by Gasteiger charge is 2.50. The zero-order valence-electron chi connectivity index (χ0n) is 10.3. The summed E-state index contributed by atoms with van der Waals surface area (Å²) in [6, 6.07) is 2.16. The predicted molar refractivity (Wildman–Crippen MR) is 62.6 cm³/mol. The molecule has 0 unspecified atom stereocenters. The molecule has 8 heteroatoms. The van der Waals surface area contributed by atoms with Crippen LogP contribution in [0.15, 0.2) is 12.1 Å². The average molecular weight is 288 g/mol. The maximum atomic E-state index is 13.5. The van der Waals surface area contributed by atoms with Crippen molar-refractivity contribution >= 4 is 5.69 Å². The van der Waals surface area contributed by atoms with Gasteiger partial charge in [-0.3, -0.25) is 15.0 Å². The number of hydrogen-bond donors (Lipinski definition) is 0. The Bertz CT molecular complexity index is 573. The summed E-state index contributed by atoms with van der Waals surface area (Å²) in [4.78, 5) is 11.4. The molecule has 0 N–H and O–H groups in total. The number of nitrogens with zero attached hydrogens (tertiary/aromatic N) is 2. The topological polar surface area (TPSA) is 55.6 Å². The van der Waals surface area contributed by atoms with Crippen molar-refractivity contribution in [3.05, 3.63) is 33.6 Å². The minimum atomic E-state index is -2.41. The number of fused-ring (bicyclic) bond motifs is 1. The molecule has 1 aromatic rings. The summed E-state index contributed by atoms with van der Waals surface area (Å²) in [6.07, 6.45) is -2.03. The zero-order valence-corrected chi connectivity index (χ0v) is 10.3. The Morgan fingerprint density at radius 1 is 1.45 bits per heavy atom. The first-order chi connectivity index (χ1) is 9.38. The van der Waals surface area contributed by atoms with Crippen LogP contribution in [0.2, 0.25) is 0 Å². The van der Waals surface area contributed by atoms with Crippen LogP contribution in [0.25, 0.3) is 0 Å². The van der Waals surface area contributed by atoms with Gasteiger partial charge in [0.05, 0.1) is 11.5 Å². The number of halogens is 3. The number of alkyl halides is 2. The van der Waals surface area contributed by atoms with Crippen LogP contribution in [0, 0.1) is 15.9 Å². The van der Waals surface area contributed by atoms with Crippen molar-refractivity contribution < 1.29 is 22.8 Å². The summed E-state index contributed by atoms with van der Waals surface area (Å²) in [5.41, 5.74) is -0.679. The fourth-order valence-electron chi connectivity index (χ4n) is 2.85. The lowest BCUT2D eigenvalue weighted by atomic mass is 9.89. The largest absolute Gasteiger partial charge is 0.484 e. The quantitative estimate of drug-likeness (QED) is 0.630. The van der Waals surface area contributed by atoms with Crippen LogP contribution >= 0.6 is 0 Å². The molecule has 0 atom stereocenters. The number of rotatable bonds is 3. The normalized spacial score (nSPS) is 19.8. The molecule has 1 fully saturated rings. The Hall–Kier alpha value is -1.83. The summed E-state index contributed by atoms with van der Waals surface area (Å²) in [6.45, 7) is 0.318. The third-order valence-corrected chi connectivity index (χ3v) is 3.59. The molecule has 3 rings (SSSR count). The van der Waals surface area contributed by atoms with E-state index in [1.807, 2.05) is 0 Å². The molecule has 2 aliphatic heterocycles. The van der Waals surface area contributed by atoms with Crippen LogP contribution in [0.3, 0.4) is 0 Å². The maximum absolute atomic E-state index is 13.5. The van der Waals surface area contributed by atoms with E-state index in [9.17, 15) is 23.3 Å². The minimum absolute atomic E-state index is 0.268. The molecule has 0 bridgehead atoms. The van der Waals surface area contributed by atoms with Crippen molar-refractivity contribution in [3.8, 4) is 5.75 Å². The predicted octanol–water partition coefficient (Wildman–Crippen LogP) is 1.99. The molecule has 2 aliphatic rings. The number of nitro groups is 1. The third-order valence-electron chi connectivity index (χ3n) is 3.59. The number of hydrogen-bond acceptors (Lipinski definition) is 4. The van der Waals surface area contributed by atoms with Gasteiger partial charge in [0.2, 0.25) is 5.82 Å². The van der Waals surface area contributed by atoms with Crippen molar-refractivity contribution in [2.45, 2.75) is 18.4 Å². The van der Waals surface area contributed by atoms with E-state index < -0.39 is 28.5 Å². The maximum Gasteiger partial charge on any atom is 0.305 e. The Morgan fingerprint density at radius 2 is 2.15 bits per heavy atom. The van der Waals surface area contributed by atoms with Gasteiger partial charge in [-0.05, 0) is 0 Å². The Morgan fingerprint density at radius 3 is 2.75 bits per heavy atom. The van der Waals surface area contributed by atoms with Crippen molar-refractivity contribution in [1.29, 1.82) is 0 Å². The molecule has 0 aliphatic carbocycles. The monoisotopic (exact) mass is 288 g/mol. The highest BCUT2D eigenvalue weighted by Crippen LogP contribution is 2.42. The van der Waals surface area contributed by atoms with Crippen molar-refractivity contribution in [2.75, 3.05) is 19.6 Å². The van der Waals surface area contributed by atoms with E-state index in [2.05, 4.69) is 0 Å². The summed E-state index contributed by atoms with van der Waals surface area (Å²) in [5, 5.41) is 10.7. The Balaban J connectivity index is 1.76. The van der Waals surface area contributed by atoms with E-state index >= 15 is 0 Å². The van der Waals surface area contributed by atoms with Gasteiger partial charge in [0.1, 0.15) is 11.4 Å². The van der Waals surface area contributed by atoms with Gasteiger partial charge in [-0.2, -0.15) is 4.39 Å². The van der Waals surface area contributed by atoms with Gasteiger partial charge in [-0.15, -0.1) is 0 Å². The number of ether oxygens (including phenoxy) is 1. The highest BCUT2D eigenvalue weighted by molar-refractivity contribution is 5.49. The molecular formula is C12H11F3N2O3. The third kappa shape index (κ3) is 2.09. The molecule has 0 saturated carbocycles. The van der Waals surface area contributed by atoms with E-state index in [4.69, 9.17) is 4.74 Å². The minimum Gasteiger partial charge on any atom is -0.484 e. The summed E-state index contributed by atoms with van der Waals surface area (Å²) in [7, 11) is 0. The SMILES string of the molecule is O=[N+]([O-])c1cc2c(cc1F)OC1(C2)CN(CC(F)F)C1. The van der Waals surface area contributed by atoms with Crippen molar-refractivity contribution in [1.82, 2.24) is 4.90 Å². The first kappa shape index (κ1) is 13.2. The smallest absolute Gasteiger partial charge is 0.305 e. The molecule has 1 spiro atoms. The van der Waals surface area contributed by atoms with Crippen LogP contribution in [0.5, 0.6) is 5.75 Å². The van der Waals surface area contributed by atoms with Gasteiger partial charge in [0.25, 0.3) is 6.43 Å². The van der Waals surface area contributed by atoms with E-state index in [0.717, 1.165) is 12.1 Å². The lowest BCUT2D eigenvalue weighted by molar-refractivity contribution is -0.387. The van der Waals surface area contributed by atoms with Gasteiger partial charge in [0.15, 0.2) is 0 Å².